The minimum atomic E-state index is -2.73. The maximum atomic E-state index is 13.0. The highest BCUT2D eigenvalue weighted by Gasteiger charge is 2.24. The van der Waals surface area contributed by atoms with Crippen molar-refractivity contribution in [3.63, 3.8) is 0 Å². The highest BCUT2D eigenvalue weighted by molar-refractivity contribution is 5.82. The zero-order valence-electron chi connectivity index (χ0n) is 18.1. The largest absolute Gasteiger partial charge is 0.350 e. The lowest BCUT2D eigenvalue weighted by molar-refractivity contribution is -0.169. The maximum absolute atomic E-state index is 13.0. The molecule has 0 bridgehead atoms. The van der Waals surface area contributed by atoms with E-state index >= 15 is 0 Å². The molecule has 33 heavy (non-hydrogen) atoms. The van der Waals surface area contributed by atoms with E-state index < -0.39 is 19.4 Å². The predicted octanol–water partition coefficient (Wildman–Crippen LogP) is 4.38. The van der Waals surface area contributed by atoms with Crippen LogP contribution in [-0.2, 0) is 11.3 Å². The van der Waals surface area contributed by atoms with Gasteiger partial charge in [-0.15, -0.1) is 5.10 Å². The lowest BCUT2D eigenvalue weighted by Gasteiger charge is -2.28. The second-order valence-corrected chi connectivity index (χ2v) is 8.19. The third kappa shape index (κ3) is 4.37. The van der Waals surface area contributed by atoms with E-state index in [9.17, 15) is 13.2 Å². The number of alkyl halides is 3. The number of hydrogen-bond acceptors (Lipinski definition) is 6. The van der Waals surface area contributed by atoms with Crippen LogP contribution in [0.15, 0.2) is 30.6 Å². The maximum Gasteiger partial charge on any atom is 0.345 e. The first-order chi connectivity index (χ1) is 16.0. The van der Waals surface area contributed by atoms with Gasteiger partial charge in [-0.1, -0.05) is 0 Å². The molecule has 5 rings (SSSR count). The molecule has 0 aromatic carbocycles. The summed E-state index contributed by atoms with van der Waals surface area (Å²) in [5.41, 5.74) is 3.75. The number of imidazole rings is 1. The number of hydrogen-bond donors (Lipinski definition) is 1. The van der Waals surface area contributed by atoms with Crippen LogP contribution in [-0.4, -0.2) is 54.6 Å². The van der Waals surface area contributed by atoms with Crippen LogP contribution in [0.2, 0.25) is 0 Å². The van der Waals surface area contributed by atoms with E-state index in [2.05, 4.69) is 25.1 Å². The number of anilines is 1. The van der Waals surface area contributed by atoms with Gasteiger partial charge in [0.1, 0.15) is 18.0 Å². The summed E-state index contributed by atoms with van der Waals surface area (Å²) < 4.78 is 45.9. The third-order valence-corrected chi connectivity index (χ3v) is 6.09. The highest BCUT2D eigenvalue weighted by Crippen LogP contribution is 2.27. The smallest absolute Gasteiger partial charge is 0.345 e. The highest BCUT2D eigenvalue weighted by atomic mass is 19.3. The summed E-state index contributed by atoms with van der Waals surface area (Å²) in [7, 11) is 0. The Labute approximate surface area is 187 Å². The molecule has 0 atom stereocenters. The number of halogens is 3. The van der Waals surface area contributed by atoms with Crippen LogP contribution in [0.5, 0.6) is 0 Å². The minimum Gasteiger partial charge on any atom is -0.350 e. The molecule has 0 aliphatic heterocycles. The Morgan fingerprint density at radius 1 is 1.15 bits per heavy atom. The fourth-order valence-corrected chi connectivity index (χ4v) is 4.47. The molecule has 11 heteroatoms. The Balaban J connectivity index is 1.35. The molecule has 4 heterocycles. The van der Waals surface area contributed by atoms with Gasteiger partial charge in [0.2, 0.25) is 5.95 Å². The van der Waals surface area contributed by atoms with Crippen molar-refractivity contribution in [1.29, 1.82) is 0 Å². The Morgan fingerprint density at radius 3 is 2.73 bits per heavy atom. The van der Waals surface area contributed by atoms with E-state index in [-0.39, 0.29) is 12.6 Å². The van der Waals surface area contributed by atoms with Gasteiger partial charge in [0, 0.05) is 17.8 Å². The Bertz CT molecular complexity index is 1260. The molecule has 1 N–H and O–H groups in total. The lowest BCUT2D eigenvalue weighted by atomic mass is 9.93. The van der Waals surface area contributed by atoms with Crippen molar-refractivity contribution in [2.75, 3.05) is 12.0 Å². The van der Waals surface area contributed by atoms with Crippen LogP contribution >= 0.6 is 0 Å². The first-order valence-electron chi connectivity index (χ1n) is 11.0. The van der Waals surface area contributed by atoms with Crippen molar-refractivity contribution in [3.05, 3.63) is 36.4 Å². The fourth-order valence-electron chi connectivity index (χ4n) is 4.47. The number of pyridine rings is 1. The zero-order valence-corrected chi connectivity index (χ0v) is 18.1. The van der Waals surface area contributed by atoms with Gasteiger partial charge in [-0.25, -0.2) is 23.9 Å². The summed E-state index contributed by atoms with van der Waals surface area (Å²) in [5, 5.41) is 7.84. The second kappa shape index (κ2) is 8.97. The van der Waals surface area contributed by atoms with Gasteiger partial charge in [-0.3, -0.25) is 0 Å². The molecule has 0 spiro atoms. The van der Waals surface area contributed by atoms with Gasteiger partial charge >= 0.3 is 6.61 Å². The molecule has 1 aliphatic carbocycles. The van der Waals surface area contributed by atoms with Crippen molar-refractivity contribution in [2.24, 2.45) is 0 Å². The topological polar surface area (TPSA) is 82.2 Å². The molecule has 4 aromatic heterocycles. The molecular formula is C22H24F3N7O. The van der Waals surface area contributed by atoms with Crippen molar-refractivity contribution in [1.82, 2.24) is 29.1 Å². The standard InChI is InChI=1S/C22H24F3N7O/c1-13-27-18-7-6-17(29-20(18)31(13)11-9-23)16-8-10-32-19(16)12-26-22(30-32)28-14-2-4-15(5-3-14)33-21(24)25/h6-8,10,12,14-15,21H,2-5,9,11H2,1H3,(H,28,30)/t14-,15-. The molecule has 4 aromatic rings. The molecule has 174 valence electrons. The quantitative estimate of drug-likeness (QED) is 0.442. The molecular weight excluding hydrogens is 435 g/mol. The number of aryl methyl sites for hydroxylation is 2. The van der Waals surface area contributed by atoms with Gasteiger partial charge < -0.3 is 14.6 Å². The van der Waals surface area contributed by atoms with Crippen LogP contribution in [0.25, 0.3) is 27.9 Å². The molecule has 0 unspecified atom stereocenters. The van der Waals surface area contributed by atoms with Gasteiger partial charge in [0.25, 0.3) is 0 Å². The SMILES string of the molecule is Cc1nc2ccc(-c3ccn4nc(N[C@H]5CC[C@H](OC(F)F)CC5)ncc34)nc2n1CCF. The average Bonchev–Trinajstić information content (AvgIpc) is 3.35. The van der Waals surface area contributed by atoms with Crippen LogP contribution in [0.1, 0.15) is 31.5 Å². The Hall–Kier alpha value is -3.21. The van der Waals surface area contributed by atoms with Crippen LogP contribution in [0.3, 0.4) is 0 Å². The summed E-state index contributed by atoms with van der Waals surface area (Å²) in [6.07, 6.45) is 5.74. The number of aromatic nitrogens is 6. The van der Waals surface area contributed by atoms with E-state index in [1.165, 1.54) is 0 Å². The molecule has 1 fully saturated rings. The van der Waals surface area contributed by atoms with E-state index in [4.69, 9.17) is 4.98 Å². The number of ether oxygens (including phenoxy) is 1. The monoisotopic (exact) mass is 459 g/mol. The third-order valence-electron chi connectivity index (χ3n) is 6.09. The van der Waals surface area contributed by atoms with E-state index in [0.717, 1.165) is 28.1 Å². The average molecular weight is 459 g/mol. The van der Waals surface area contributed by atoms with Gasteiger partial charge in [0.05, 0.1) is 30.1 Å². The minimum absolute atomic E-state index is 0.109. The summed E-state index contributed by atoms with van der Waals surface area (Å²) in [5.74, 6) is 1.20. The summed E-state index contributed by atoms with van der Waals surface area (Å²) in [6.45, 7) is -1.16. The zero-order chi connectivity index (χ0) is 22.9. The van der Waals surface area contributed by atoms with Gasteiger partial charge in [0.15, 0.2) is 5.65 Å². The van der Waals surface area contributed by atoms with Gasteiger partial charge in [-0.05, 0) is 50.8 Å². The Morgan fingerprint density at radius 2 is 1.97 bits per heavy atom. The molecule has 0 saturated heterocycles. The predicted molar refractivity (Wildman–Crippen MR) is 117 cm³/mol. The normalized spacial score (nSPS) is 19.1. The van der Waals surface area contributed by atoms with Crippen LogP contribution in [0, 0.1) is 6.92 Å². The molecule has 0 amide bonds. The first-order valence-corrected chi connectivity index (χ1v) is 11.0. The first kappa shape index (κ1) is 21.6. The van der Waals surface area contributed by atoms with E-state index in [1.54, 1.807) is 15.3 Å². The second-order valence-electron chi connectivity index (χ2n) is 8.19. The number of nitrogens with zero attached hydrogens (tertiary/aromatic N) is 6. The Kier molecular flexibility index (Phi) is 5.88. The summed E-state index contributed by atoms with van der Waals surface area (Å²) >= 11 is 0. The van der Waals surface area contributed by atoms with E-state index in [0.29, 0.717) is 37.3 Å². The number of fused-ring (bicyclic) bond motifs is 2. The van der Waals surface area contributed by atoms with E-state index in [1.807, 2.05) is 31.3 Å². The fraction of sp³-hybridized carbons (Fsp3) is 0.455. The molecule has 0 radical (unpaired) electrons. The molecule has 1 saturated carbocycles. The number of rotatable bonds is 7. The van der Waals surface area contributed by atoms with Crippen LogP contribution < -0.4 is 5.32 Å². The van der Waals surface area contributed by atoms with Crippen LogP contribution in [0.4, 0.5) is 19.1 Å². The van der Waals surface area contributed by atoms with Crippen molar-refractivity contribution in [2.45, 2.75) is 57.9 Å². The molecule has 1 aliphatic rings. The van der Waals surface area contributed by atoms with Crippen molar-refractivity contribution >= 4 is 22.6 Å². The lowest BCUT2D eigenvalue weighted by Crippen LogP contribution is -2.31. The summed E-state index contributed by atoms with van der Waals surface area (Å²) in [4.78, 5) is 13.6. The summed E-state index contributed by atoms with van der Waals surface area (Å²) in [6, 6.07) is 5.79. The molecule has 8 nitrogen and oxygen atoms in total. The number of nitrogens with one attached hydrogen (secondary N) is 1. The van der Waals surface area contributed by atoms with Crippen molar-refractivity contribution in [3.8, 4) is 11.3 Å². The van der Waals surface area contributed by atoms with Gasteiger partial charge in [-0.2, -0.15) is 8.78 Å². The van der Waals surface area contributed by atoms with Crippen molar-refractivity contribution < 1.29 is 17.9 Å².